The summed E-state index contributed by atoms with van der Waals surface area (Å²) in [4.78, 5) is 36.8. The number of nitrogens with zero attached hydrogens (tertiary/aromatic N) is 3. The van der Waals surface area contributed by atoms with E-state index in [1.54, 1.807) is 65.3 Å². The number of anilines is 1. The van der Waals surface area contributed by atoms with E-state index in [0.29, 0.717) is 53.3 Å². The van der Waals surface area contributed by atoms with Crippen LogP contribution in [0.1, 0.15) is 50.0 Å². The van der Waals surface area contributed by atoms with Gasteiger partial charge in [0, 0.05) is 47.5 Å². The van der Waals surface area contributed by atoms with Crippen LogP contribution in [0.2, 0.25) is 0 Å². The van der Waals surface area contributed by atoms with E-state index in [2.05, 4.69) is 15.6 Å². The van der Waals surface area contributed by atoms with Crippen LogP contribution in [0.5, 0.6) is 5.75 Å². The molecule has 0 saturated heterocycles. The van der Waals surface area contributed by atoms with Gasteiger partial charge in [0.1, 0.15) is 5.75 Å². The maximum absolute atomic E-state index is 12.9. The van der Waals surface area contributed by atoms with Crippen LogP contribution >= 0.6 is 0 Å². The molecule has 8 heteroatoms. The highest BCUT2D eigenvalue weighted by Crippen LogP contribution is 2.28. The Bertz CT molecular complexity index is 1440. The molecule has 4 aromatic rings. The van der Waals surface area contributed by atoms with Crippen LogP contribution in [0.4, 0.5) is 5.69 Å². The summed E-state index contributed by atoms with van der Waals surface area (Å²) in [5.41, 5.74) is 4.09. The molecule has 174 valence electrons. The minimum Gasteiger partial charge on any atom is -0.493 e. The van der Waals surface area contributed by atoms with Crippen LogP contribution in [0, 0.1) is 0 Å². The third-order valence-corrected chi connectivity index (χ3v) is 5.72. The van der Waals surface area contributed by atoms with Gasteiger partial charge in [-0.2, -0.15) is 0 Å². The van der Waals surface area contributed by atoms with Crippen LogP contribution in [0.3, 0.4) is 0 Å². The van der Waals surface area contributed by atoms with Crippen LogP contribution < -0.4 is 10.1 Å². The molecule has 0 bridgehead atoms. The van der Waals surface area contributed by atoms with Gasteiger partial charge in [0.2, 0.25) is 5.91 Å². The average molecular weight is 466 g/mol. The Hall–Kier alpha value is -4.59. The number of nitrogens with one attached hydrogen (secondary N) is 1. The van der Waals surface area contributed by atoms with Gasteiger partial charge in [-0.1, -0.05) is 35.5 Å². The largest absolute Gasteiger partial charge is 0.493 e. The van der Waals surface area contributed by atoms with E-state index in [1.165, 1.54) is 6.92 Å². The Morgan fingerprint density at radius 3 is 2.31 bits per heavy atom. The second-order valence-corrected chi connectivity index (χ2v) is 8.30. The quantitative estimate of drug-likeness (QED) is 0.393. The first kappa shape index (κ1) is 22.2. The zero-order chi connectivity index (χ0) is 24.4. The summed E-state index contributed by atoms with van der Waals surface area (Å²) >= 11 is 0. The van der Waals surface area contributed by atoms with Crippen molar-refractivity contribution in [3.63, 3.8) is 0 Å². The molecule has 0 fully saturated rings. The molecule has 35 heavy (non-hydrogen) atoms. The van der Waals surface area contributed by atoms with Gasteiger partial charge in [-0.3, -0.25) is 14.4 Å². The third-order valence-electron chi connectivity index (χ3n) is 5.72. The Morgan fingerprint density at radius 1 is 0.914 bits per heavy atom. The number of hydrogen-bond acceptors (Lipinski definition) is 6. The fourth-order valence-electron chi connectivity index (χ4n) is 4.07. The summed E-state index contributed by atoms with van der Waals surface area (Å²) in [6.45, 7) is 2.31. The molecule has 3 aromatic carbocycles. The molecule has 1 amide bonds. The minimum absolute atomic E-state index is 0.123. The lowest BCUT2D eigenvalue weighted by Gasteiger charge is -2.18. The van der Waals surface area contributed by atoms with Crippen LogP contribution in [-0.4, -0.2) is 39.1 Å². The second kappa shape index (κ2) is 9.34. The maximum Gasteiger partial charge on any atom is 0.221 e. The standard InChI is InChI=1S/C27H22N4O4/c1-17(32)28-19-7-9-21(10-8-19)35-13-12-20-16-31(30-29-20)15-18-6-11-24-25(14-18)27(34)23-5-3-2-4-22(23)26(24)33/h2-11,14,16H,12-13,15H2,1H3,(H,28,32). The van der Waals surface area contributed by atoms with E-state index in [4.69, 9.17) is 4.74 Å². The molecular weight excluding hydrogens is 444 g/mol. The molecule has 5 rings (SSSR count). The first-order valence-corrected chi connectivity index (χ1v) is 11.2. The zero-order valence-electron chi connectivity index (χ0n) is 19.0. The SMILES string of the molecule is CC(=O)Nc1ccc(OCCc2cn(Cc3ccc4c(c3)C(=O)c3ccccc3C4=O)nn2)cc1. The Morgan fingerprint density at radius 2 is 1.60 bits per heavy atom. The van der Waals surface area contributed by atoms with Crippen molar-refractivity contribution in [2.45, 2.75) is 19.9 Å². The van der Waals surface area contributed by atoms with Crippen LogP contribution in [0.15, 0.2) is 72.9 Å². The molecule has 1 aromatic heterocycles. The molecule has 8 nitrogen and oxygen atoms in total. The van der Waals surface area contributed by atoms with Crippen LogP contribution in [0.25, 0.3) is 0 Å². The van der Waals surface area contributed by atoms with Gasteiger partial charge in [0.15, 0.2) is 11.6 Å². The maximum atomic E-state index is 12.9. The molecule has 0 spiro atoms. The lowest BCUT2D eigenvalue weighted by Crippen LogP contribution is -2.21. The number of carbonyl (C=O) groups is 3. The van der Waals surface area contributed by atoms with Gasteiger partial charge in [-0.05, 0) is 42.0 Å². The van der Waals surface area contributed by atoms with Crippen molar-refractivity contribution in [1.29, 1.82) is 0 Å². The first-order valence-electron chi connectivity index (χ1n) is 11.2. The number of amides is 1. The molecule has 1 aliphatic rings. The Labute approximate surface area is 201 Å². The average Bonchev–Trinajstić information content (AvgIpc) is 3.30. The topological polar surface area (TPSA) is 103 Å². The van der Waals surface area contributed by atoms with Crippen molar-refractivity contribution in [3.05, 3.63) is 106 Å². The second-order valence-electron chi connectivity index (χ2n) is 8.30. The third kappa shape index (κ3) is 4.72. The van der Waals surface area contributed by atoms with Crippen LogP contribution in [-0.2, 0) is 17.8 Å². The van der Waals surface area contributed by atoms with E-state index in [0.717, 1.165) is 11.3 Å². The number of ether oxygens (including phenoxy) is 1. The van der Waals surface area contributed by atoms with E-state index >= 15 is 0 Å². The number of rotatable bonds is 7. The van der Waals surface area contributed by atoms with Gasteiger partial charge in [0.05, 0.1) is 18.8 Å². The first-order chi connectivity index (χ1) is 17.0. The normalized spacial score (nSPS) is 12.1. The molecule has 0 radical (unpaired) electrons. The van der Waals surface area contributed by atoms with Crippen molar-refractivity contribution in [1.82, 2.24) is 15.0 Å². The molecular formula is C27H22N4O4. The molecule has 1 N–H and O–H groups in total. The molecule has 0 aliphatic heterocycles. The number of benzene rings is 3. The fraction of sp³-hybridized carbons (Fsp3) is 0.148. The highest BCUT2D eigenvalue weighted by Gasteiger charge is 2.29. The van der Waals surface area contributed by atoms with Gasteiger partial charge < -0.3 is 10.1 Å². The van der Waals surface area contributed by atoms with Crippen molar-refractivity contribution in [2.75, 3.05) is 11.9 Å². The molecule has 0 atom stereocenters. The number of ketones is 2. The van der Waals surface area contributed by atoms with Crippen molar-refractivity contribution >= 4 is 23.2 Å². The highest BCUT2D eigenvalue weighted by molar-refractivity contribution is 6.28. The van der Waals surface area contributed by atoms with Gasteiger partial charge in [0.25, 0.3) is 0 Å². The molecule has 1 aliphatic carbocycles. The summed E-state index contributed by atoms with van der Waals surface area (Å²) < 4.78 is 7.45. The smallest absolute Gasteiger partial charge is 0.221 e. The predicted octanol–water partition coefficient (Wildman–Crippen LogP) is 3.68. The molecule has 0 unspecified atom stereocenters. The lowest BCUT2D eigenvalue weighted by atomic mass is 9.83. The molecule has 1 heterocycles. The van der Waals surface area contributed by atoms with Gasteiger partial charge in [-0.15, -0.1) is 5.10 Å². The fourth-order valence-corrected chi connectivity index (χ4v) is 4.07. The highest BCUT2D eigenvalue weighted by atomic mass is 16.5. The van der Waals surface area contributed by atoms with Crippen molar-refractivity contribution in [2.24, 2.45) is 0 Å². The number of carbonyl (C=O) groups excluding carboxylic acids is 3. The van der Waals surface area contributed by atoms with E-state index in [-0.39, 0.29) is 17.5 Å². The minimum atomic E-state index is -0.140. The number of aromatic nitrogens is 3. The van der Waals surface area contributed by atoms with E-state index in [1.807, 2.05) is 12.3 Å². The van der Waals surface area contributed by atoms with E-state index < -0.39 is 0 Å². The lowest BCUT2D eigenvalue weighted by molar-refractivity contribution is -0.114. The van der Waals surface area contributed by atoms with Gasteiger partial charge >= 0.3 is 0 Å². The number of fused-ring (bicyclic) bond motifs is 2. The predicted molar refractivity (Wildman–Crippen MR) is 129 cm³/mol. The summed E-state index contributed by atoms with van der Waals surface area (Å²) in [6.07, 6.45) is 2.41. The van der Waals surface area contributed by atoms with Crippen molar-refractivity contribution < 1.29 is 19.1 Å². The summed E-state index contributed by atoms with van der Waals surface area (Å²) in [7, 11) is 0. The van der Waals surface area contributed by atoms with E-state index in [9.17, 15) is 14.4 Å². The monoisotopic (exact) mass is 466 g/mol. The van der Waals surface area contributed by atoms with Gasteiger partial charge in [-0.25, -0.2) is 4.68 Å². The summed E-state index contributed by atoms with van der Waals surface area (Å²) in [6, 6.07) is 19.4. The summed E-state index contributed by atoms with van der Waals surface area (Å²) in [5.74, 6) is 0.303. The summed E-state index contributed by atoms with van der Waals surface area (Å²) in [5, 5.41) is 11.1. The zero-order valence-corrected chi connectivity index (χ0v) is 19.0. The van der Waals surface area contributed by atoms with Crippen molar-refractivity contribution in [3.8, 4) is 5.75 Å². The number of hydrogen-bond donors (Lipinski definition) is 1. The molecule has 0 saturated carbocycles. The Kier molecular flexibility index (Phi) is 5.93. The Balaban J connectivity index is 1.21.